The fourth-order valence-electron chi connectivity index (χ4n) is 5.64. The first-order chi connectivity index (χ1) is 28.1. The van der Waals surface area contributed by atoms with Gasteiger partial charge in [0.25, 0.3) is 0 Å². The normalized spacial score (nSPS) is 11.7. The van der Waals surface area contributed by atoms with Crippen LogP contribution in [0.3, 0.4) is 0 Å². The van der Waals surface area contributed by atoms with Crippen LogP contribution in [-0.4, -0.2) is 48.0 Å². The molecule has 0 aliphatic rings. The molecule has 0 amide bonds. The molecule has 0 saturated heterocycles. The van der Waals surface area contributed by atoms with E-state index < -0.39 is 0 Å². The summed E-state index contributed by atoms with van der Waals surface area (Å²) in [4.78, 5) is 28.7. The van der Waals surface area contributed by atoms with Crippen molar-refractivity contribution in [1.82, 2.24) is 26.8 Å². The second kappa shape index (κ2) is 19.3. The van der Waals surface area contributed by atoms with Crippen molar-refractivity contribution in [3.8, 4) is 51.2 Å². The smallest absolute Gasteiger partial charge is 0.222 e. The van der Waals surface area contributed by atoms with Crippen molar-refractivity contribution in [3.63, 3.8) is 0 Å². The quantitative estimate of drug-likeness (QED) is 0.168. The van der Waals surface area contributed by atoms with E-state index in [0.717, 1.165) is 65.6 Å². The van der Waals surface area contributed by atoms with Crippen LogP contribution in [-0.2, 0) is 0 Å². The third-order valence-electron chi connectivity index (χ3n) is 8.34. The molecule has 0 unspecified atom stereocenters. The van der Waals surface area contributed by atoms with Crippen LogP contribution in [0.2, 0.25) is 0 Å². The van der Waals surface area contributed by atoms with Gasteiger partial charge in [-0.25, -0.2) is 11.9 Å². The molecule has 0 bridgehead atoms. The molecule has 0 atom stereocenters. The Bertz CT molecular complexity index is 2310. The maximum atomic E-state index is 4.59. The molecule has 0 fully saturated rings. The minimum Gasteiger partial charge on any atom is -0.260 e. The fraction of sp³-hybridized carbons (Fsp3) is 0.0667. The second-order valence-electron chi connectivity index (χ2n) is 12.1. The topological polar surface area (TPSA) is 90.5 Å². The number of benzene rings is 6. The van der Waals surface area contributed by atoms with Crippen molar-refractivity contribution in [2.75, 3.05) is 21.1 Å². The minimum atomic E-state index is 0.780. The highest BCUT2D eigenvalue weighted by molar-refractivity contribution is 7.04. The van der Waals surface area contributed by atoms with Crippen molar-refractivity contribution in [2.45, 2.75) is 0 Å². The Morgan fingerprint density at radius 3 is 0.737 bits per heavy atom. The Labute approximate surface area is 343 Å². The summed E-state index contributed by atoms with van der Waals surface area (Å²) < 4.78 is 6.33. The van der Waals surface area contributed by atoms with Gasteiger partial charge in [0.1, 0.15) is 0 Å². The van der Waals surface area contributed by atoms with Gasteiger partial charge in [0.2, 0.25) is 14.4 Å². The van der Waals surface area contributed by atoms with Gasteiger partial charge in [-0.3, -0.25) is 15.0 Å². The lowest BCUT2D eigenvalue weighted by molar-refractivity contribution is 1.12. The van der Waals surface area contributed by atoms with Crippen LogP contribution in [0.1, 0.15) is 0 Å². The van der Waals surface area contributed by atoms with Crippen molar-refractivity contribution in [3.05, 3.63) is 196 Å². The molecule has 6 aromatic carbocycles. The number of rotatable bonds is 6. The van der Waals surface area contributed by atoms with E-state index in [1.807, 2.05) is 109 Å². The lowest BCUT2D eigenvalue weighted by Gasteiger charge is -2.05. The van der Waals surface area contributed by atoms with E-state index in [1.54, 1.807) is 55.7 Å². The summed E-state index contributed by atoms with van der Waals surface area (Å²) in [7, 11) is 5.30. The molecule has 57 heavy (non-hydrogen) atoms. The van der Waals surface area contributed by atoms with Crippen molar-refractivity contribution in [2.24, 2.45) is 15.0 Å². The SMILES string of the molecule is CN=c1nc(-c2ccccc2)n(-c2ccccc2)s1.CN=c1nc(-c2ccccc2)n(-c2ccccc2)s1.CN=c1nc(-c2ccccc2)n(-c2ccccc2)s1. The lowest BCUT2D eigenvalue weighted by Crippen LogP contribution is -1.96. The zero-order valence-electron chi connectivity index (χ0n) is 31.6. The third kappa shape index (κ3) is 9.62. The lowest BCUT2D eigenvalue weighted by atomic mass is 10.2. The number of hydrogen-bond acceptors (Lipinski definition) is 9. The Morgan fingerprint density at radius 1 is 0.316 bits per heavy atom. The Hall–Kier alpha value is -6.60. The van der Waals surface area contributed by atoms with Gasteiger partial charge in [-0.1, -0.05) is 146 Å². The van der Waals surface area contributed by atoms with Crippen LogP contribution in [0.4, 0.5) is 0 Å². The van der Waals surface area contributed by atoms with E-state index >= 15 is 0 Å². The standard InChI is InChI=1S/3C15H13N3S/c3*1-16-15-17-14(12-8-4-2-5-9-12)18(19-15)13-10-6-3-7-11-13/h3*2-11H,1H3. The monoisotopic (exact) mass is 801 g/mol. The van der Waals surface area contributed by atoms with Gasteiger partial charge in [-0.2, -0.15) is 15.0 Å². The highest BCUT2D eigenvalue weighted by Gasteiger charge is 2.12. The van der Waals surface area contributed by atoms with Gasteiger partial charge < -0.3 is 0 Å². The molecule has 3 aromatic heterocycles. The van der Waals surface area contributed by atoms with Crippen molar-refractivity contribution < 1.29 is 0 Å². The molecule has 9 rings (SSSR count). The minimum absolute atomic E-state index is 0.780. The molecule has 282 valence electrons. The van der Waals surface area contributed by atoms with Gasteiger partial charge in [0, 0.05) is 37.8 Å². The van der Waals surface area contributed by atoms with Gasteiger partial charge in [-0.05, 0) is 71.0 Å². The van der Waals surface area contributed by atoms with E-state index in [4.69, 9.17) is 0 Å². The summed E-state index contributed by atoms with van der Waals surface area (Å²) in [6.45, 7) is 0. The summed E-state index contributed by atoms with van der Waals surface area (Å²) in [6.07, 6.45) is 0. The molecule has 0 N–H and O–H groups in total. The molecule has 0 spiro atoms. The van der Waals surface area contributed by atoms with Gasteiger partial charge >= 0.3 is 0 Å². The molecular formula is C45H39N9S3. The van der Waals surface area contributed by atoms with Crippen LogP contribution in [0, 0.1) is 0 Å². The summed E-state index contributed by atoms with van der Waals surface area (Å²) in [6, 6.07) is 61.2. The van der Waals surface area contributed by atoms with Crippen LogP contribution < -0.4 is 14.4 Å². The Morgan fingerprint density at radius 2 is 0.526 bits per heavy atom. The highest BCUT2D eigenvalue weighted by Crippen LogP contribution is 2.24. The molecule has 0 saturated carbocycles. The third-order valence-corrected chi connectivity index (χ3v) is 11.4. The van der Waals surface area contributed by atoms with Crippen LogP contribution in [0.15, 0.2) is 197 Å². The number of aromatic nitrogens is 6. The Kier molecular flexibility index (Phi) is 13.1. The second-order valence-corrected chi connectivity index (χ2v) is 14.8. The first-order valence-corrected chi connectivity index (χ1v) is 20.4. The largest absolute Gasteiger partial charge is 0.260 e. The Balaban J connectivity index is 0.000000131. The highest BCUT2D eigenvalue weighted by atomic mass is 32.1. The molecule has 9 nitrogen and oxygen atoms in total. The van der Waals surface area contributed by atoms with Crippen LogP contribution >= 0.6 is 34.6 Å². The maximum absolute atomic E-state index is 4.59. The molecule has 0 radical (unpaired) electrons. The van der Waals surface area contributed by atoms with E-state index in [-0.39, 0.29) is 0 Å². The number of hydrogen-bond donors (Lipinski definition) is 0. The van der Waals surface area contributed by atoms with Crippen LogP contribution in [0.25, 0.3) is 51.2 Å². The number of nitrogens with zero attached hydrogens (tertiary/aromatic N) is 9. The van der Waals surface area contributed by atoms with Crippen LogP contribution in [0.5, 0.6) is 0 Å². The summed E-state index contributed by atoms with van der Waals surface area (Å²) in [5.74, 6) is 2.78. The average molecular weight is 802 g/mol. The van der Waals surface area contributed by atoms with E-state index in [1.165, 1.54) is 0 Å². The van der Waals surface area contributed by atoms with Gasteiger partial charge in [0.15, 0.2) is 17.5 Å². The zero-order valence-corrected chi connectivity index (χ0v) is 34.0. The molecule has 12 heteroatoms. The van der Waals surface area contributed by atoms with Gasteiger partial charge in [0.05, 0.1) is 17.1 Å². The summed E-state index contributed by atoms with van der Waals surface area (Å²) in [5, 5.41) is 0. The van der Waals surface area contributed by atoms with E-state index in [0.29, 0.717) is 0 Å². The first-order valence-electron chi connectivity index (χ1n) is 18.1. The van der Waals surface area contributed by atoms with E-state index in [2.05, 4.69) is 115 Å². The van der Waals surface area contributed by atoms with Crippen molar-refractivity contribution >= 4 is 34.6 Å². The van der Waals surface area contributed by atoms with Gasteiger partial charge in [-0.15, -0.1) is 0 Å². The molecule has 0 aliphatic heterocycles. The first kappa shape index (κ1) is 38.7. The van der Waals surface area contributed by atoms with Crippen molar-refractivity contribution in [1.29, 1.82) is 0 Å². The molecule has 0 aliphatic carbocycles. The fourth-order valence-corrected chi connectivity index (χ4v) is 8.13. The zero-order chi connectivity index (χ0) is 39.2. The average Bonchev–Trinajstić information content (AvgIpc) is 4.07. The predicted molar refractivity (Wildman–Crippen MR) is 235 cm³/mol. The summed E-state index contributed by atoms with van der Waals surface area (Å²) >= 11 is 4.64. The molecular weight excluding hydrogens is 763 g/mol. The maximum Gasteiger partial charge on any atom is 0.222 e. The van der Waals surface area contributed by atoms with E-state index in [9.17, 15) is 0 Å². The summed E-state index contributed by atoms with van der Waals surface area (Å²) in [5.41, 5.74) is 6.60. The molecule has 3 heterocycles. The number of para-hydroxylation sites is 3. The molecule has 9 aromatic rings. The predicted octanol–water partition coefficient (Wildman–Crippen LogP) is 9.39.